The minimum Gasteiger partial charge on any atom is -0.455 e. The topological polar surface area (TPSA) is 36.3 Å². The van der Waals surface area contributed by atoms with Crippen LogP contribution in [0.1, 0.15) is 28.8 Å². The van der Waals surface area contributed by atoms with E-state index in [4.69, 9.17) is 21.7 Å². The minimum absolute atomic E-state index is 0.0867. The van der Waals surface area contributed by atoms with Crippen LogP contribution in [0.3, 0.4) is 0 Å². The van der Waals surface area contributed by atoms with Gasteiger partial charge in [-0.15, -0.1) is 0 Å². The zero-order valence-corrected chi connectivity index (χ0v) is 12.2. The van der Waals surface area contributed by atoms with Gasteiger partial charge in [0, 0.05) is 11.6 Å². The van der Waals surface area contributed by atoms with E-state index in [0.29, 0.717) is 5.02 Å². The SMILES string of the molecule is N=C1OC(c2ccc(Cl)cc2)C2c3ccccc3CCN12. The van der Waals surface area contributed by atoms with Crippen molar-refractivity contribution in [3.05, 3.63) is 70.2 Å². The summed E-state index contributed by atoms with van der Waals surface area (Å²) in [7, 11) is 0. The predicted octanol–water partition coefficient (Wildman–Crippen LogP) is 3.95. The van der Waals surface area contributed by atoms with E-state index in [1.807, 2.05) is 24.3 Å². The van der Waals surface area contributed by atoms with E-state index < -0.39 is 0 Å². The summed E-state index contributed by atoms with van der Waals surface area (Å²) in [4.78, 5) is 2.06. The van der Waals surface area contributed by atoms with Gasteiger partial charge in [-0.3, -0.25) is 5.41 Å². The molecule has 2 aliphatic heterocycles. The lowest BCUT2D eigenvalue weighted by atomic mass is 9.88. The molecule has 2 aromatic rings. The highest BCUT2D eigenvalue weighted by atomic mass is 35.5. The molecule has 1 saturated heterocycles. The lowest BCUT2D eigenvalue weighted by Crippen LogP contribution is -2.34. The van der Waals surface area contributed by atoms with Crippen molar-refractivity contribution in [3.8, 4) is 0 Å². The molecule has 2 atom stereocenters. The first kappa shape index (κ1) is 12.7. The highest BCUT2D eigenvalue weighted by Crippen LogP contribution is 2.45. The molecule has 2 unspecified atom stereocenters. The zero-order chi connectivity index (χ0) is 14.4. The van der Waals surface area contributed by atoms with Crippen molar-refractivity contribution in [2.24, 2.45) is 0 Å². The summed E-state index contributed by atoms with van der Waals surface area (Å²) in [5, 5.41) is 8.83. The molecule has 2 aliphatic rings. The van der Waals surface area contributed by atoms with Gasteiger partial charge in [0.2, 0.25) is 0 Å². The summed E-state index contributed by atoms with van der Waals surface area (Å²) < 4.78 is 5.86. The molecule has 2 aromatic carbocycles. The van der Waals surface area contributed by atoms with Crippen molar-refractivity contribution in [2.45, 2.75) is 18.6 Å². The molecular formula is C17H15ClN2O. The number of ether oxygens (including phenoxy) is 1. The van der Waals surface area contributed by atoms with Gasteiger partial charge in [0.05, 0.1) is 0 Å². The van der Waals surface area contributed by atoms with Crippen LogP contribution in [0, 0.1) is 5.41 Å². The van der Waals surface area contributed by atoms with Gasteiger partial charge in [-0.1, -0.05) is 48.0 Å². The summed E-state index contributed by atoms with van der Waals surface area (Å²) in [6.07, 6.45) is 0.822. The van der Waals surface area contributed by atoms with Crippen LogP contribution in [0.4, 0.5) is 0 Å². The molecule has 4 rings (SSSR count). The van der Waals surface area contributed by atoms with Crippen molar-refractivity contribution in [3.63, 3.8) is 0 Å². The molecule has 1 fully saturated rings. The Morgan fingerprint density at radius 3 is 2.67 bits per heavy atom. The largest absolute Gasteiger partial charge is 0.455 e. The lowest BCUT2D eigenvalue weighted by Gasteiger charge is -2.32. The van der Waals surface area contributed by atoms with Gasteiger partial charge >= 0.3 is 0 Å². The van der Waals surface area contributed by atoms with Gasteiger partial charge in [0.15, 0.2) is 6.10 Å². The fourth-order valence-corrected chi connectivity index (χ4v) is 3.43. The van der Waals surface area contributed by atoms with Crippen LogP contribution >= 0.6 is 11.6 Å². The third-order valence-corrected chi connectivity index (χ3v) is 4.57. The Morgan fingerprint density at radius 2 is 1.86 bits per heavy atom. The van der Waals surface area contributed by atoms with E-state index in [-0.39, 0.29) is 18.2 Å². The third-order valence-electron chi connectivity index (χ3n) is 4.32. The average molecular weight is 299 g/mol. The molecule has 0 radical (unpaired) electrons. The van der Waals surface area contributed by atoms with Crippen LogP contribution in [-0.4, -0.2) is 17.5 Å². The second-order valence-electron chi connectivity index (χ2n) is 5.48. The standard InChI is InChI=1S/C17H15ClN2O/c18-13-7-5-12(6-8-13)16-15-14-4-2-1-3-11(14)9-10-20(15)17(19)21-16/h1-8,15-16,19H,9-10H2. The van der Waals surface area contributed by atoms with Crippen LogP contribution in [0.2, 0.25) is 5.02 Å². The summed E-state index contributed by atoms with van der Waals surface area (Å²) in [6.45, 7) is 0.838. The van der Waals surface area contributed by atoms with Crippen molar-refractivity contribution < 1.29 is 4.74 Å². The minimum atomic E-state index is -0.142. The average Bonchev–Trinajstić information content (AvgIpc) is 2.86. The van der Waals surface area contributed by atoms with E-state index in [1.165, 1.54) is 11.1 Å². The monoisotopic (exact) mass is 298 g/mol. The quantitative estimate of drug-likeness (QED) is 0.865. The number of hydrogen-bond donors (Lipinski definition) is 1. The van der Waals surface area contributed by atoms with Gasteiger partial charge in [-0.25, -0.2) is 0 Å². The molecule has 3 nitrogen and oxygen atoms in total. The Balaban J connectivity index is 1.80. The molecule has 0 amide bonds. The van der Waals surface area contributed by atoms with Gasteiger partial charge in [-0.05, 0) is 35.2 Å². The van der Waals surface area contributed by atoms with Crippen LogP contribution in [0.5, 0.6) is 0 Å². The molecule has 0 aliphatic carbocycles. The summed E-state index contributed by atoms with van der Waals surface area (Å²) in [6, 6.07) is 16.5. The summed E-state index contributed by atoms with van der Waals surface area (Å²) in [5.41, 5.74) is 3.69. The van der Waals surface area contributed by atoms with E-state index >= 15 is 0 Å². The third kappa shape index (κ3) is 2.00. The fourth-order valence-electron chi connectivity index (χ4n) is 3.31. The molecule has 106 valence electrons. The number of amidine groups is 1. The Kier molecular flexibility index (Phi) is 2.89. The smallest absolute Gasteiger partial charge is 0.285 e. The van der Waals surface area contributed by atoms with E-state index in [9.17, 15) is 0 Å². The van der Waals surface area contributed by atoms with Gasteiger partial charge in [-0.2, -0.15) is 0 Å². The fraction of sp³-hybridized carbons (Fsp3) is 0.235. The van der Waals surface area contributed by atoms with Crippen LogP contribution in [0.15, 0.2) is 48.5 Å². The number of nitrogens with one attached hydrogen (secondary N) is 1. The maximum absolute atomic E-state index is 8.11. The predicted molar refractivity (Wildman–Crippen MR) is 82.6 cm³/mol. The Morgan fingerprint density at radius 1 is 1.10 bits per heavy atom. The van der Waals surface area contributed by atoms with E-state index in [0.717, 1.165) is 18.5 Å². The highest BCUT2D eigenvalue weighted by Gasteiger charge is 2.43. The van der Waals surface area contributed by atoms with Crippen molar-refractivity contribution in [1.82, 2.24) is 4.90 Å². The second kappa shape index (κ2) is 4.78. The normalized spacial score (nSPS) is 23.5. The first-order valence-corrected chi connectivity index (χ1v) is 7.47. The van der Waals surface area contributed by atoms with E-state index in [2.05, 4.69) is 29.2 Å². The second-order valence-corrected chi connectivity index (χ2v) is 5.92. The Labute approximate surface area is 128 Å². The molecule has 4 heteroatoms. The van der Waals surface area contributed by atoms with Crippen molar-refractivity contribution >= 4 is 17.6 Å². The lowest BCUT2D eigenvalue weighted by molar-refractivity contribution is 0.186. The first-order valence-electron chi connectivity index (χ1n) is 7.09. The molecule has 1 N–H and O–H groups in total. The maximum atomic E-state index is 8.11. The van der Waals surface area contributed by atoms with Gasteiger partial charge in [0.1, 0.15) is 6.04 Å². The molecule has 21 heavy (non-hydrogen) atoms. The summed E-state index contributed by atoms with van der Waals surface area (Å²) >= 11 is 5.97. The number of nitrogens with zero attached hydrogens (tertiary/aromatic N) is 1. The Hall–Kier alpha value is -2.00. The Bertz CT molecular complexity index is 698. The van der Waals surface area contributed by atoms with Crippen LogP contribution < -0.4 is 0 Å². The highest BCUT2D eigenvalue weighted by molar-refractivity contribution is 6.30. The molecule has 0 aromatic heterocycles. The van der Waals surface area contributed by atoms with E-state index in [1.54, 1.807) is 0 Å². The van der Waals surface area contributed by atoms with Crippen LogP contribution in [0.25, 0.3) is 0 Å². The number of halogens is 1. The maximum Gasteiger partial charge on any atom is 0.285 e. The van der Waals surface area contributed by atoms with Crippen LogP contribution in [-0.2, 0) is 11.2 Å². The van der Waals surface area contributed by atoms with Crippen molar-refractivity contribution in [1.29, 1.82) is 5.41 Å². The number of rotatable bonds is 1. The number of benzene rings is 2. The van der Waals surface area contributed by atoms with Gasteiger partial charge in [0.25, 0.3) is 6.02 Å². The number of fused-ring (bicyclic) bond motifs is 3. The van der Waals surface area contributed by atoms with Gasteiger partial charge < -0.3 is 9.64 Å². The molecule has 0 spiro atoms. The zero-order valence-electron chi connectivity index (χ0n) is 11.4. The molecule has 0 saturated carbocycles. The molecule has 0 bridgehead atoms. The first-order chi connectivity index (χ1) is 10.2. The molecule has 2 heterocycles. The number of hydrogen-bond acceptors (Lipinski definition) is 2. The molecular weight excluding hydrogens is 284 g/mol. The van der Waals surface area contributed by atoms with Crippen molar-refractivity contribution in [2.75, 3.05) is 6.54 Å². The summed E-state index contributed by atoms with van der Waals surface area (Å²) in [5.74, 6) is 0.